The molecule has 0 unspecified atom stereocenters. The summed E-state index contributed by atoms with van der Waals surface area (Å²) in [7, 11) is 1.61. The van der Waals surface area contributed by atoms with Crippen LogP contribution in [0.25, 0.3) is 0 Å². The Bertz CT molecular complexity index is 316. The summed E-state index contributed by atoms with van der Waals surface area (Å²) in [6, 6.07) is 1.77. The molecule has 4 nitrogen and oxygen atoms in total. The summed E-state index contributed by atoms with van der Waals surface area (Å²) in [5, 5.41) is 0.457. The molecule has 0 aliphatic carbocycles. The van der Waals surface area contributed by atoms with Gasteiger partial charge in [0.05, 0.1) is 0 Å². The van der Waals surface area contributed by atoms with Crippen molar-refractivity contribution in [3.8, 4) is 0 Å². The largest absolute Gasteiger partial charge is 0.377 e. The highest BCUT2D eigenvalue weighted by Gasteiger charge is 2.07. The van der Waals surface area contributed by atoms with E-state index in [0.717, 1.165) is 18.9 Å². The highest BCUT2D eigenvalue weighted by atomic mass is 35.5. The number of methoxy groups -OCH3 is 1. The molecular formula is C10H16ClN3O. The van der Waals surface area contributed by atoms with Crippen LogP contribution in [0.1, 0.15) is 19.7 Å². The summed E-state index contributed by atoms with van der Waals surface area (Å²) in [6.45, 7) is 6.34. The lowest BCUT2D eigenvalue weighted by Crippen LogP contribution is -2.23. The number of aromatic nitrogens is 2. The minimum atomic E-state index is 0.384. The van der Waals surface area contributed by atoms with Gasteiger partial charge in [-0.15, -0.1) is 0 Å². The molecule has 0 radical (unpaired) electrons. The third-order valence-corrected chi connectivity index (χ3v) is 2.28. The van der Waals surface area contributed by atoms with Crippen LogP contribution in [0.3, 0.4) is 0 Å². The topological polar surface area (TPSA) is 38.2 Å². The molecule has 0 fully saturated rings. The van der Waals surface area contributed by atoms with Crippen molar-refractivity contribution in [1.29, 1.82) is 0 Å². The molecule has 1 aromatic rings. The zero-order chi connectivity index (χ0) is 11.3. The first-order valence-corrected chi connectivity index (χ1v) is 5.36. The second-order valence-electron chi connectivity index (χ2n) is 3.07. The van der Waals surface area contributed by atoms with Crippen molar-refractivity contribution in [1.82, 2.24) is 9.97 Å². The van der Waals surface area contributed by atoms with E-state index in [4.69, 9.17) is 16.3 Å². The Morgan fingerprint density at radius 3 is 2.53 bits per heavy atom. The Labute approximate surface area is 95.2 Å². The highest BCUT2D eigenvalue weighted by Crippen LogP contribution is 2.16. The fourth-order valence-electron chi connectivity index (χ4n) is 1.35. The summed E-state index contributed by atoms with van der Waals surface area (Å²) in [6.07, 6.45) is 0. The summed E-state index contributed by atoms with van der Waals surface area (Å²) in [4.78, 5) is 10.6. The van der Waals surface area contributed by atoms with Gasteiger partial charge in [-0.25, -0.2) is 9.97 Å². The van der Waals surface area contributed by atoms with Gasteiger partial charge in [-0.05, 0) is 13.8 Å². The SMILES string of the molecule is CCN(CC)c1cc(Cl)nc(COC)n1. The Kier molecular flexibility index (Phi) is 4.78. The van der Waals surface area contributed by atoms with E-state index in [2.05, 4.69) is 28.7 Å². The number of hydrogen-bond donors (Lipinski definition) is 0. The van der Waals surface area contributed by atoms with Crippen molar-refractivity contribution in [2.24, 2.45) is 0 Å². The molecule has 5 heteroatoms. The van der Waals surface area contributed by atoms with Gasteiger partial charge in [0.25, 0.3) is 0 Å². The lowest BCUT2D eigenvalue weighted by atomic mass is 10.4. The third-order valence-electron chi connectivity index (χ3n) is 2.09. The van der Waals surface area contributed by atoms with Gasteiger partial charge in [-0.1, -0.05) is 11.6 Å². The molecule has 0 aromatic carbocycles. The van der Waals surface area contributed by atoms with Crippen molar-refractivity contribution in [3.05, 3.63) is 17.0 Å². The number of rotatable bonds is 5. The van der Waals surface area contributed by atoms with Crippen LogP contribution in [0.2, 0.25) is 5.15 Å². The van der Waals surface area contributed by atoms with Crippen molar-refractivity contribution < 1.29 is 4.74 Å². The first-order valence-electron chi connectivity index (χ1n) is 4.98. The first-order chi connectivity index (χ1) is 7.21. The van der Waals surface area contributed by atoms with Crippen LogP contribution in [-0.4, -0.2) is 30.2 Å². The molecule has 0 spiro atoms. The molecule has 0 N–H and O–H groups in total. The number of anilines is 1. The number of ether oxygens (including phenoxy) is 1. The Hall–Kier alpha value is -0.870. The van der Waals surface area contributed by atoms with Crippen LogP contribution in [0.15, 0.2) is 6.07 Å². The fraction of sp³-hybridized carbons (Fsp3) is 0.600. The second kappa shape index (κ2) is 5.88. The van der Waals surface area contributed by atoms with Gasteiger partial charge in [-0.3, -0.25) is 0 Å². The van der Waals surface area contributed by atoms with Crippen LogP contribution in [0, 0.1) is 0 Å². The van der Waals surface area contributed by atoms with Gasteiger partial charge >= 0.3 is 0 Å². The maximum absolute atomic E-state index is 5.91. The van der Waals surface area contributed by atoms with Gasteiger partial charge in [-0.2, -0.15) is 0 Å². The third kappa shape index (κ3) is 3.32. The van der Waals surface area contributed by atoms with Crippen LogP contribution in [0.4, 0.5) is 5.82 Å². The van der Waals surface area contributed by atoms with Crippen molar-refractivity contribution >= 4 is 17.4 Å². The standard InChI is InChI=1S/C10H16ClN3O/c1-4-14(5-2)10-6-8(11)12-9(13-10)7-15-3/h6H,4-5,7H2,1-3H3. The van der Waals surface area contributed by atoms with E-state index in [1.807, 2.05) is 0 Å². The summed E-state index contributed by atoms with van der Waals surface area (Å²) in [5.74, 6) is 1.47. The van der Waals surface area contributed by atoms with E-state index in [1.54, 1.807) is 13.2 Å². The van der Waals surface area contributed by atoms with Crippen molar-refractivity contribution in [3.63, 3.8) is 0 Å². The number of nitrogens with zero attached hydrogens (tertiary/aromatic N) is 3. The monoisotopic (exact) mass is 229 g/mol. The van der Waals surface area contributed by atoms with Crippen molar-refractivity contribution in [2.45, 2.75) is 20.5 Å². The molecule has 0 amide bonds. The predicted octanol–water partition coefficient (Wildman–Crippen LogP) is 2.12. The summed E-state index contributed by atoms with van der Waals surface area (Å²) < 4.78 is 4.98. The summed E-state index contributed by atoms with van der Waals surface area (Å²) >= 11 is 5.91. The first kappa shape index (κ1) is 12.2. The van der Waals surface area contributed by atoms with Crippen molar-refractivity contribution in [2.75, 3.05) is 25.1 Å². The van der Waals surface area contributed by atoms with E-state index in [-0.39, 0.29) is 0 Å². The molecule has 15 heavy (non-hydrogen) atoms. The van der Waals surface area contributed by atoms with E-state index in [9.17, 15) is 0 Å². The molecule has 84 valence electrons. The van der Waals surface area contributed by atoms with E-state index >= 15 is 0 Å². The average Bonchev–Trinajstić information content (AvgIpc) is 2.19. The maximum atomic E-state index is 5.91. The Morgan fingerprint density at radius 2 is 2.00 bits per heavy atom. The average molecular weight is 230 g/mol. The van der Waals surface area contributed by atoms with Gasteiger partial charge in [0.15, 0.2) is 5.82 Å². The molecule has 0 atom stereocenters. The fourth-order valence-corrected chi connectivity index (χ4v) is 1.55. The van der Waals surface area contributed by atoms with Gasteiger partial charge < -0.3 is 9.64 Å². The van der Waals surface area contributed by atoms with Crippen LogP contribution < -0.4 is 4.90 Å². The zero-order valence-corrected chi connectivity index (χ0v) is 10.1. The Morgan fingerprint density at radius 1 is 1.33 bits per heavy atom. The van der Waals surface area contributed by atoms with Crippen LogP contribution in [-0.2, 0) is 11.3 Å². The molecule has 0 aliphatic rings. The lowest BCUT2D eigenvalue weighted by Gasteiger charge is -2.20. The maximum Gasteiger partial charge on any atom is 0.158 e. The van der Waals surface area contributed by atoms with E-state index in [1.165, 1.54) is 0 Å². The van der Waals surface area contributed by atoms with Gasteiger partial charge in [0, 0.05) is 26.3 Å². The minimum Gasteiger partial charge on any atom is -0.377 e. The van der Waals surface area contributed by atoms with Gasteiger partial charge in [0.2, 0.25) is 0 Å². The smallest absolute Gasteiger partial charge is 0.158 e. The quantitative estimate of drug-likeness (QED) is 0.725. The molecule has 0 saturated heterocycles. The molecule has 1 rings (SSSR count). The lowest BCUT2D eigenvalue weighted by molar-refractivity contribution is 0.178. The second-order valence-corrected chi connectivity index (χ2v) is 3.46. The summed E-state index contributed by atoms with van der Waals surface area (Å²) in [5.41, 5.74) is 0. The molecule has 1 aromatic heterocycles. The molecule has 0 bridgehead atoms. The van der Waals surface area contributed by atoms with E-state index < -0.39 is 0 Å². The normalized spacial score (nSPS) is 10.4. The van der Waals surface area contributed by atoms with E-state index in [0.29, 0.717) is 17.6 Å². The Balaban J connectivity index is 2.96. The zero-order valence-electron chi connectivity index (χ0n) is 9.33. The predicted molar refractivity (Wildman–Crippen MR) is 61.3 cm³/mol. The van der Waals surface area contributed by atoms with Crippen LogP contribution >= 0.6 is 11.6 Å². The number of hydrogen-bond acceptors (Lipinski definition) is 4. The minimum absolute atomic E-state index is 0.384. The number of halogens is 1. The molecule has 0 aliphatic heterocycles. The highest BCUT2D eigenvalue weighted by molar-refractivity contribution is 6.29. The van der Waals surface area contributed by atoms with Gasteiger partial charge in [0.1, 0.15) is 17.6 Å². The molecule has 1 heterocycles. The molecule has 0 saturated carbocycles. The van der Waals surface area contributed by atoms with Crippen LogP contribution in [0.5, 0.6) is 0 Å². The molecular weight excluding hydrogens is 214 g/mol.